The molecule has 2 rings (SSSR count). The summed E-state index contributed by atoms with van der Waals surface area (Å²) < 4.78 is 2.48. The normalized spacial score (nSPS) is 15.2. The molecule has 0 atom stereocenters. The summed E-state index contributed by atoms with van der Waals surface area (Å²) in [4.78, 5) is 16.1. The fraction of sp³-hybridized carbons (Fsp3) is 0.667. The summed E-state index contributed by atoms with van der Waals surface area (Å²) in [7, 11) is 0. The van der Waals surface area contributed by atoms with E-state index in [-0.39, 0.29) is 5.56 Å². The quantitative estimate of drug-likeness (QED) is 0.629. The van der Waals surface area contributed by atoms with Gasteiger partial charge in [0, 0.05) is 18.8 Å². The highest BCUT2D eigenvalue weighted by molar-refractivity contribution is 14.1. The van der Waals surface area contributed by atoms with Gasteiger partial charge in [-0.25, -0.2) is 4.98 Å². The lowest BCUT2D eigenvalue weighted by atomic mass is 10.3. The molecule has 1 N–H and O–H groups in total. The number of nitrogens with one attached hydrogen (secondary N) is 1. The number of aromatic nitrogens is 2. The summed E-state index contributed by atoms with van der Waals surface area (Å²) in [6.07, 6.45) is 6.46. The molecule has 1 aromatic rings. The van der Waals surface area contributed by atoms with Gasteiger partial charge in [0.2, 0.25) is 0 Å². The number of rotatable bonds is 6. The van der Waals surface area contributed by atoms with Crippen LogP contribution in [0.25, 0.3) is 0 Å². The van der Waals surface area contributed by atoms with Crippen LogP contribution in [-0.2, 0) is 6.54 Å². The average Bonchev–Trinajstić information content (AvgIpc) is 3.11. The van der Waals surface area contributed by atoms with Crippen molar-refractivity contribution in [3.63, 3.8) is 0 Å². The van der Waals surface area contributed by atoms with Crippen LogP contribution in [0, 0.1) is 10.5 Å². The summed E-state index contributed by atoms with van der Waals surface area (Å²) in [6.45, 7) is 3.73. The molecule has 94 valence electrons. The van der Waals surface area contributed by atoms with Gasteiger partial charge in [0.25, 0.3) is 5.56 Å². The highest BCUT2D eigenvalue weighted by Crippen LogP contribution is 2.18. The molecule has 0 aromatic carbocycles. The predicted octanol–water partition coefficient (Wildman–Crippen LogP) is 1.69. The van der Waals surface area contributed by atoms with Crippen molar-refractivity contribution in [3.8, 4) is 0 Å². The fourth-order valence-electron chi connectivity index (χ4n) is 1.80. The van der Waals surface area contributed by atoms with Crippen LogP contribution in [-0.4, -0.2) is 22.1 Å². The van der Waals surface area contributed by atoms with Gasteiger partial charge in [-0.2, -0.15) is 0 Å². The van der Waals surface area contributed by atoms with Gasteiger partial charge in [0.05, 0.1) is 3.57 Å². The van der Waals surface area contributed by atoms with E-state index in [1.165, 1.54) is 12.8 Å². The van der Waals surface area contributed by atoms with Crippen LogP contribution in [0.4, 0.5) is 0 Å². The monoisotopic (exact) mass is 347 g/mol. The van der Waals surface area contributed by atoms with E-state index in [9.17, 15) is 4.79 Å². The van der Waals surface area contributed by atoms with Gasteiger partial charge in [-0.1, -0.05) is 0 Å². The van der Waals surface area contributed by atoms with Gasteiger partial charge in [-0.3, -0.25) is 9.36 Å². The molecule has 0 saturated heterocycles. The van der Waals surface area contributed by atoms with Gasteiger partial charge in [0.15, 0.2) is 0 Å². The highest BCUT2D eigenvalue weighted by atomic mass is 127. The summed E-state index contributed by atoms with van der Waals surface area (Å²) in [5.41, 5.74) is 0.0910. The third kappa shape index (κ3) is 3.77. The number of unbranched alkanes of at least 4 members (excludes halogenated alkanes) is 1. The largest absolute Gasteiger partial charge is 0.314 e. The topological polar surface area (TPSA) is 46.9 Å². The lowest BCUT2D eigenvalue weighted by Gasteiger charge is -2.09. The average molecular weight is 347 g/mol. The first-order valence-corrected chi connectivity index (χ1v) is 7.21. The van der Waals surface area contributed by atoms with E-state index in [2.05, 4.69) is 10.3 Å². The van der Waals surface area contributed by atoms with Crippen molar-refractivity contribution < 1.29 is 0 Å². The minimum absolute atomic E-state index is 0.0910. The Balaban J connectivity index is 1.81. The first-order valence-electron chi connectivity index (χ1n) is 6.14. The molecule has 5 heteroatoms. The molecule has 1 aromatic heterocycles. The summed E-state index contributed by atoms with van der Waals surface area (Å²) in [5, 5.41) is 3.48. The maximum absolute atomic E-state index is 11.9. The van der Waals surface area contributed by atoms with E-state index in [0.29, 0.717) is 3.57 Å². The molecule has 1 fully saturated rings. The number of aryl methyl sites for hydroxylation is 1. The number of hydrogen-bond donors (Lipinski definition) is 1. The first-order chi connectivity index (χ1) is 8.18. The molecule has 1 aliphatic carbocycles. The molecular formula is C12H18IN3O. The molecule has 0 bridgehead atoms. The Kier molecular flexibility index (Phi) is 4.55. The van der Waals surface area contributed by atoms with E-state index >= 15 is 0 Å². The molecule has 17 heavy (non-hydrogen) atoms. The van der Waals surface area contributed by atoms with Crippen molar-refractivity contribution in [2.75, 3.05) is 6.54 Å². The SMILES string of the molecule is Cc1ncc(I)c(=O)n1CCCCNC1CC1. The Bertz CT molecular complexity index is 440. The Labute approximate surface area is 115 Å². The lowest BCUT2D eigenvalue weighted by Crippen LogP contribution is -2.26. The van der Waals surface area contributed by atoms with E-state index in [1.54, 1.807) is 10.8 Å². The van der Waals surface area contributed by atoms with Crippen LogP contribution in [0.3, 0.4) is 0 Å². The van der Waals surface area contributed by atoms with E-state index in [0.717, 1.165) is 37.8 Å². The zero-order valence-electron chi connectivity index (χ0n) is 10.1. The van der Waals surface area contributed by atoms with Gasteiger partial charge >= 0.3 is 0 Å². The molecule has 1 saturated carbocycles. The van der Waals surface area contributed by atoms with Crippen LogP contribution < -0.4 is 10.9 Å². The molecule has 0 aliphatic heterocycles. The fourth-order valence-corrected chi connectivity index (χ4v) is 2.23. The van der Waals surface area contributed by atoms with E-state index in [4.69, 9.17) is 0 Å². The number of hydrogen-bond acceptors (Lipinski definition) is 3. The van der Waals surface area contributed by atoms with Gasteiger partial charge < -0.3 is 5.32 Å². The van der Waals surface area contributed by atoms with Crippen molar-refractivity contribution in [1.29, 1.82) is 0 Å². The Morgan fingerprint density at radius 3 is 3.00 bits per heavy atom. The molecule has 4 nitrogen and oxygen atoms in total. The third-order valence-corrected chi connectivity index (χ3v) is 3.76. The highest BCUT2D eigenvalue weighted by Gasteiger charge is 2.19. The first kappa shape index (κ1) is 13.0. The van der Waals surface area contributed by atoms with Gasteiger partial charge in [-0.15, -0.1) is 0 Å². The van der Waals surface area contributed by atoms with Crippen molar-refractivity contribution in [2.24, 2.45) is 0 Å². The van der Waals surface area contributed by atoms with Gasteiger partial charge in [-0.05, 0) is 61.7 Å². The molecule has 0 radical (unpaired) electrons. The molecule has 1 heterocycles. The Morgan fingerprint density at radius 2 is 2.29 bits per heavy atom. The zero-order chi connectivity index (χ0) is 12.3. The molecule has 0 unspecified atom stereocenters. The van der Waals surface area contributed by atoms with E-state index < -0.39 is 0 Å². The third-order valence-electron chi connectivity index (χ3n) is 3.02. The summed E-state index contributed by atoms with van der Waals surface area (Å²) in [5.74, 6) is 0.811. The van der Waals surface area contributed by atoms with Crippen molar-refractivity contribution in [3.05, 3.63) is 25.9 Å². The summed E-state index contributed by atoms with van der Waals surface area (Å²) >= 11 is 2.04. The molecule has 0 spiro atoms. The molecule has 1 aliphatic rings. The van der Waals surface area contributed by atoms with E-state index in [1.807, 2.05) is 29.5 Å². The zero-order valence-corrected chi connectivity index (χ0v) is 12.2. The van der Waals surface area contributed by atoms with Crippen LogP contribution in [0.2, 0.25) is 0 Å². The second kappa shape index (κ2) is 5.95. The standard InChI is InChI=1S/C12H18IN3O/c1-9-15-8-11(13)12(17)16(9)7-3-2-6-14-10-4-5-10/h8,10,14H,2-7H2,1H3. The number of nitrogens with zero attached hydrogens (tertiary/aromatic N) is 2. The summed E-state index contributed by atoms with van der Waals surface area (Å²) in [6, 6.07) is 0.777. The van der Waals surface area contributed by atoms with Crippen molar-refractivity contribution >= 4 is 22.6 Å². The number of halogens is 1. The van der Waals surface area contributed by atoms with Crippen LogP contribution in [0.5, 0.6) is 0 Å². The smallest absolute Gasteiger partial charge is 0.266 e. The van der Waals surface area contributed by atoms with Gasteiger partial charge in [0.1, 0.15) is 5.82 Å². The lowest BCUT2D eigenvalue weighted by molar-refractivity contribution is 0.542. The molecular weight excluding hydrogens is 329 g/mol. The second-order valence-electron chi connectivity index (χ2n) is 4.55. The van der Waals surface area contributed by atoms with Crippen LogP contribution in [0.15, 0.2) is 11.0 Å². The predicted molar refractivity (Wildman–Crippen MR) is 76.2 cm³/mol. The minimum Gasteiger partial charge on any atom is -0.314 e. The molecule has 0 amide bonds. The van der Waals surface area contributed by atoms with Crippen LogP contribution in [0.1, 0.15) is 31.5 Å². The second-order valence-corrected chi connectivity index (χ2v) is 5.71. The van der Waals surface area contributed by atoms with Crippen LogP contribution >= 0.6 is 22.6 Å². The Hall–Kier alpha value is -0.430. The maximum atomic E-state index is 11.9. The Morgan fingerprint density at radius 1 is 1.53 bits per heavy atom. The maximum Gasteiger partial charge on any atom is 0.266 e. The minimum atomic E-state index is 0.0910. The van der Waals surface area contributed by atoms with Crippen molar-refractivity contribution in [1.82, 2.24) is 14.9 Å². The van der Waals surface area contributed by atoms with Crippen molar-refractivity contribution in [2.45, 2.75) is 45.2 Å².